The van der Waals surface area contributed by atoms with Gasteiger partial charge in [0, 0.05) is 22.1 Å². The predicted octanol–water partition coefficient (Wildman–Crippen LogP) is 4.95. The number of benzene rings is 2. The van der Waals surface area contributed by atoms with Gasteiger partial charge in [0.05, 0.1) is 12.6 Å². The molecule has 0 aliphatic carbocycles. The van der Waals surface area contributed by atoms with Crippen LogP contribution < -0.4 is 10.1 Å². The minimum atomic E-state index is 0.325. The summed E-state index contributed by atoms with van der Waals surface area (Å²) >= 11 is 3.54. The van der Waals surface area contributed by atoms with Crippen molar-refractivity contribution in [2.45, 2.75) is 25.8 Å². The molecule has 0 amide bonds. The van der Waals surface area contributed by atoms with E-state index in [1.807, 2.05) is 12.1 Å². The Hall–Kier alpha value is -1.48. The number of anilines is 1. The van der Waals surface area contributed by atoms with E-state index in [4.69, 9.17) is 4.74 Å². The molecule has 1 aliphatic heterocycles. The zero-order valence-corrected chi connectivity index (χ0v) is 13.1. The van der Waals surface area contributed by atoms with E-state index < -0.39 is 0 Å². The van der Waals surface area contributed by atoms with Gasteiger partial charge in [-0.1, -0.05) is 41.1 Å². The maximum Gasteiger partial charge on any atom is 0.124 e. The number of fused-ring (bicyclic) bond motifs is 1. The van der Waals surface area contributed by atoms with Gasteiger partial charge < -0.3 is 10.1 Å². The van der Waals surface area contributed by atoms with Crippen molar-refractivity contribution in [3.8, 4) is 5.75 Å². The second-order valence-corrected chi connectivity index (χ2v) is 5.94. The lowest BCUT2D eigenvalue weighted by atomic mass is 9.99. The fourth-order valence-corrected chi connectivity index (χ4v) is 3.08. The molecule has 0 saturated carbocycles. The first kappa shape index (κ1) is 13.5. The maximum atomic E-state index is 5.72. The first-order chi connectivity index (χ1) is 9.78. The molecule has 3 rings (SSSR count). The summed E-state index contributed by atoms with van der Waals surface area (Å²) in [5.41, 5.74) is 3.81. The van der Waals surface area contributed by atoms with Crippen molar-refractivity contribution in [3.05, 3.63) is 58.1 Å². The lowest BCUT2D eigenvalue weighted by Gasteiger charge is -2.28. The Kier molecular flexibility index (Phi) is 3.97. The molecular weight excluding hydrogens is 314 g/mol. The minimum Gasteiger partial charge on any atom is -0.493 e. The third-order valence-corrected chi connectivity index (χ3v) is 4.23. The van der Waals surface area contributed by atoms with E-state index in [-0.39, 0.29) is 0 Å². The van der Waals surface area contributed by atoms with Crippen molar-refractivity contribution >= 4 is 21.6 Å². The number of nitrogens with one attached hydrogen (secondary N) is 1. The molecule has 0 saturated heterocycles. The van der Waals surface area contributed by atoms with Crippen LogP contribution in [0.3, 0.4) is 0 Å². The number of hydrogen-bond acceptors (Lipinski definition) is 2. The van der Waals surface area contributed by atoms with Crippen molar-refractivity contribution in [1.29, 1.82) is 0 Å². The lowest BCUT2D eigenvalue weighted by Crippen LogP contribution is -2.20. The molecule has 0 radical (unpaired) electrons. The van der Waals surface area contributed by atoms with Gasteiger partial charge in [-0.2, -0.15) is 0 Å². The number of aryl methyl sites for hydroxylation is 1. The van der Waals surface area contributed by atoms with Gasteiger partial charge in [0.1, 0.15) is 5.75 Å². The van der Waals surface area contributed by atoms with E-state index >= 15 is 0 Å². The third kappa shape index (κ3) is 2.68. The molecule has 1 unspecified atom stereocenters. The van der Waals surface area contributed by atoms with E-state index in [9.17, 15) is 0 Å². The average molecular weight is 332 g/mol. The van der Waals surface area contributed by atoms with Gasteiger partial charge in [0.2, 0.25) is 0 Å². The Morgan fingerprint density at radius 2 is 2.10 bits per heavy atom. The second-order valence-electron chi connectivity index (χ2n) is 5.03. The number of halogens is 1. The summed E-state index contributed by atoms with van der Waals surface area (Å²) in [4.78, 5) is 0. The largest absolute Gasteiger partial charge is 0.493 e. The number of para-hydroxylation sites is 1. The summed E-state index contributed by atoms with van der Waals surface area (Å²) in [5, 5.41) is 3.68. The van der Waals surface area contributed by atoms with Crippen LogP contribution in [0.25, 0.3) is 0 Å². The quantitative estimate of drug-likeness (QED) is 0.859. The smallest absolute Gasteiger partial charge is 0.124 e. The van der Waals surface area contributed by atoms with Crippen LogP contribution in [0.2, 0.25) is 0 Å². The van der Waals surface area contributed by atoms with Crippen LogP contribution in [0.5, 0.6) is 5.75 Å². The highest BCUT2D eigenvalue weighted by Gasteiger charge is 2.21. The molecule has 20 heavy (non-hydrogen) atoms. The molecule has 0 aromatic heterocycles. The number of hydrogen-bond donors (Lipinski definition) is 1. The van der Waals surface area contributed by atoms with Gasteiger partial charge in [-0.15, -0.1) is 0 Å². The molecule has 0 spiro atoms. The van der Waals surface area contributed by atoms with E-state index in [2.05, 4.69) is 58.5 Å². The van der Waals surface area contributed by atoms with Gasteiger partial charge in [-0.05, 0) is 36.2 Å². The van der Waals surface area contributed by atoms with Crippen molar-refractivity contribution in [3.63, 3.8) is 0 Å². The van der Waals surface area contributed by atoms with Crippen LogP contribution in [0, 0.1) is 0 Å². The molecular formula is C17H18BrNO. The standard InChI is InChI=1S/C17H18BrNO/c1-2-12-11-13(18)7-8-15(12)19-16-9-10-20-17-6-4-3-5-14(16)17/h3-8,11,16,19H,2,9-10H2,1H3. The van der Waals surface area contributed by atoms with Crippen molar-refractivity contribution in [2.75, 3.05) is 11.9 Å². The molecule has 1 aliphatic rings. The fourth-order valence-electron chi connectivity index (χ4n) is 2.68. The summed E-state index contributed by atoms with van der Waals surface area (Å²) in [6.45, 7) is 2.96. The summed E-state index contributed by atoms with van der Waals surface area (Å²) in [7, 11) is 0. The Labute approximate surface area is 128 Å². The number of ether oxygens (including phenoxy) is 1. The van der Waals surface area contributed by atoms with Crippen molar-refractivity contribution in [1.82, 2.24) is 0 Å². The zero-order valence-electron chi connectivity index (χ0n) is 11.5. The van der Waals surface area contributed by atoms with Crippen LogP contribution in [-0.4, -0.2) is 6.61 Å². The Morgan fingerprint density at radius 3 is 2.95 bits per heavy atom. The van der Waals surface area contributed by atoms with Crippen LogP contribution in [0.4, 0.5) is 5.69 Å². The molecule has 1 heterocycles. The molecule has 2 aromatic carbocycles. The predicted molar refractivity (Wildman–Crippen MR) is 86.4 cm³/mol. The highest BCUT2D eigenvalue weighted by atomic mass is 79.9. The maximum absolute atomic E-state index is 5.72. The first-order valence-corrected chi connectivity index (χ1v) is 7.84. The summed E-state index contributed by atoms with van der Waals surface area (Å²) in [6.07, 6.45) is 2.02. The van der Waals surface area contributed by atoms with Crippen molar-refractivity contribution < 1.29 is 4.74 Å². The highest BCUT2D eigenvalue weighted by Crippen LogP contribution is 2.35. The monoisotopic (exact) mass is 331 g/mol. The Bertz CT molecular complexity index is 612. The summed E-state index contributed by atoms with van der Waals surface area (Å²) in [5.74, 6) is 1.01. The first-order valence-electron chi connectivity index (χ1n) is 7.04. The van der Waals surface area contributed by atoms with Crippen LogP contribution in [-0.2, 0) is 6.42 Å². The van der Waals surface area contributed by atoms with E-state index in [1.54, 1.807) is 0 Å². The molecule has 2 nitrogen and oxygen atoms in total. The molecule has 1 N–H and O–H groups in total. The van der Waals surface area contributed by atoms with Crippen LogP contribution in [0.15, 0.2) is 46.9 Å². The second kappa shape index (κ2) is 5.88. The van der Waals surface area contributed by atoms with Gasteiger partial charge >= 0.3 is 0 Å². The minimum absolute atomic E-state index is 0.325. The highest BCUT2D eigenvalue weighted by molar-refractivity contribution is 9.10. The van der Waals surface area contributed by atoms with E-state index in [0.717, 1.165) is 29.7 Å². The van der Waals surface area contributed by atoms with Gasteiger partial charge in [-0.25, -0.2) is 0 Å². The summed E-state index contributed by atoms with van der Waals surface area (Å²) < 4.78 is 6.85. The molecule has 104 valence electrons. The fraction of sp³-hybridized carbons (Fsp3) is 0.294. The van der Waals surface area contributed by atoms with E-state index in [1.165, 1.54) is 16.8 Å². The summed E-state index contributed by atoms with van der Waals surface area (Å²) in [6, 6.07) is 15.1. The van der Waals surface area contributed by atoms with Crippen LogP contribution in [0.1, 0.15) is 30.5 Å². The lowest BCUT2D eigenvalue weighted by molar-refractivity contribution is 0.274. The topological polar surface area (TPSA) is 21.3 Å². The normalized spacial score (nSPS) is 17.2. The van der Waals surface area contributed by atoms with Gasteiger partial charge in [0.15, 0.2) is 0 Å². The molecule has 2 aromatic rings. The SMILES string of the molecule is CCc1cc(Br)ccc1NC1CCOc2ccccc21. The molecule has 0 fully saturated rings. The number of rotatable bonds is 3. The van der Waals surface area contributed by atoms with E-state index in [0.29, 0.717) is 6.04 Å². The van der Waals surface area contributed by atoms with Crippen molar-refractivity contribution in [2.24, 2.45) is 0 Å². The zero-order chi connectivity index (χ0) is 13.9. The molecule has 3 heteroatoms. The van der Waals surface area contributed by atoms with Gasteiger partial charge in [-0.3, -0.25) is 0 Å². The van der Waals surface area contributed by atoms with Crippen LogP contribution >= 0.6 is 15.9 Å². The third-order valence-electron chi connectivity index (χ3n) is 3.74. The Morgan fingerprint density at radius 1 is 1.25 bits per heavy atom. The van der Waals surface area contributed by atoms with Gasteiger partial charge in [0.25, 0.3) is 0 Å². The Balaban J connectivity index is 1.89. The molecule has 0 bridgehead atoms. The molecule has 1 atom stereocenters. The average Bonchev–Trinajstić information content (AvgIpc) is 2.49.